The van der Waals surface area contributed by atoms with E-state index in [-0.39, 0.29) is 5.56 Å². The van der Waals surface area contributed by atoms with Gasteiger partial charge in [0.1, 0.15) is 5.82 Å². The molecule has 3 nitrogen and oxygen atoms in total. The first-order valence-corrected chi connectivity index (χ1v) is 5.53. The van der Waals surface area contributed by atoms with E-state index in [0.29, 0.717) is 11.1 Å². The summed E-state index contributed by atoms with van der Waals surface area (Å²) >= 11 is 0. The van der Waals surface area contributed by atoms with Crippen LogP contribution in [0.2, 0.25) is 0 Å². The molecule has 0 aromatic heterocycles. The molecule has 0 unspecified atom stereocenters. The van der Waals surface area contributed by atoms with E-state index in [2.05, 4.69) is 4.74 Å². The van der Waals surface area contributed by atoms with Crippen molar-refractivity contribution in [1.29, 1.82) is 5.26 Å². The molecule has 0 aliphatic heterocycles. The van der Waals surface area contributed by atoms with Gasteiger partial charge in [-0.15, -0.1) is 0 Å². The zero-order valence-electron chi connectivity index (χ0n) is 10.2. The second-order valence-electron chi connectivity index (χ2n) is 3.91. The molecule has 2 aromatic carbocycles. The molecule has 0 saturated carbocycles. The predicted molar refractivity (Wildman–Crippen MR) is 67.9 cm³/mol. The van der Waals surface area contributed by atoms with Gasteiger partial charge in [0, 0.05) is 0 Å². The fraction of sp³-hybridized carbons (Fsp3) is 0.0667. The quantitative estimate of drug-likeness (QED) is 0.774. The second-order valence-corrected chi connectivity index (χ2v) is 3.91. The van der Waals surface area contributed by atoms with E-state index < -0.39 is 11.8 Å². The van der Waals surface area contributed by atoms with Crippen molar-refractivity contribution in [3.05, 3.63) is 59.4 Å². The smallest absolute Gasteiger partial charge is 0.337 e. The number of halogens is 1. The molecule has 0 aliphatic carbocycles. The minimum Gasteiger partial charge on any atom is -0.465 e. The summed E-state index contributed by atoms with van der Waals surface area (Å²) in [6, 6.07) is 12.7. The van der Waals surface area contributed by atoms with Crippen molar-refractivity contribution in [2.45, 2.75) is 0 Å². The van der Waals surface area contributed by atoms with Gasteiger partial charge in [-0.1, -0.05) is 12.1 Å². The Balaban J connectivity index is 2.46. The van der Waals surface area contributed by atoms with Crippen molar-refractivity contribution in [3.8, 4) is 17.2 Å². The lowest BCUT2D eigenvalue weighted by Gasteiger charge is -2.05. The number of carbonyl (C=O) groups is 1. The number of nitrogens with zero attached hydrogens (tertiary/aromatic N) is 1. The van der Waals surface area contributed by atoms with Crippen molar-refractivity contribution >= 4 is 5.97 Å². The maximum Gasteiger partial charge on any atom is 0.337 e. The first kappa shape index (κ1) is 12.8. The van der Waals surface area contributed by atoms with Crippen LogP contribution >= 0.6 is 0 Å². The van der Waals surface area contributed by atoms with Crippen LogP contribution in [0.3, 0.4) is 0 Å². The highest BCUT2D eigenvalue weighted by Crippen LogP contribution is 2.22. The van der Waals surface area contributed by atoms with Gasteiger partial charge >= 0.3 is 5.97 Å². The highest BCUT2D eigenvalue weighted by Gasteiger charge is 2.10. The van der Waals surface area contributed by atoms with Gasteiger partial charge in [0.2, 0.25) is 0 Å². The number of benzene rings is 2. The van der Waals surface area contributed by atoms with Crippen molar-refractivity contribution in [1.82, 2.24) is 0 Å². The summed E-state index contributed by atoms with van der Waals surface area (Å²) in [7, 11) is 1.24. The van der Waals surface area contributed by atoms with Gasteiger partial charge in [-0.25, -0.2) is 9.18 Å². The topological polar surface area (TPSA) is 50.1 Å². The van der Waals surface area contributed by atoms with E-state index in [1.165, 1.54) is 13.2 Å². The lowest BCUT2D eigenvalue weighted by Crippen LogP contribution is -2.02. The zero-order valence-corrected chi connectivity index (χ0v) is 10.2. The lowest BCUT2D eigenvalue weighted by molar-refractivity contribution is 0.0600. The number of rotatable bonds is 2. The third-order valence-corrected chi connectivity index (χ3v) is 2.67. The lowest BCUT2D eigenvalue weighted by atomic mass is 10.0. The molecule has 0 heterocycles. The average molecular weight is 255 g/mol. The van der Waals surface area contributed by atoms with E-state index in [1.54, 1.807) is 30.3 Å². The standard InChI is InChI=1S/C15H10FNO2/c1-19-15(18)13-6-12(7-14(16)8-13)11-4-2-10(9-17)3-5-11/h2-8H,1H3. The monoisotopic (exact) mass is 255 g/mol. The molecule has 0 bridgehead atoms. The molecule has 0 aliphatic rings. The first-order valence-electron chi connectivity index (χ1n) is 5.53. The van der Waals surface area contributed by atoms with E-state index >= 15 is 0 Å². The number of hydrogen-bond acceptors (Lipinski definition) is 3. The molecule has 0 atom stereocenters. The molecular formula is C15H10FNO2. The highest BCUT2D eigenvalue weighted by atomic mass is 19.1. The van der Waals surface area contributed by atoms with Crippen molar-refractivity contribution in [2.75, 3.05) is 7.11 Å². The Morgan fingerprint density at radius 2 is 1.84 bits per heavy atom. The number of ether oxygens (including phenoxy) is 1. The van der Waals surface area contributed by atoms with Gasteiger partial charge in [-0.2, -0.15) is 5.26 Å². The number of carbonyl (C=O) groups excluding carboxylic acids is 1. The van der Waals surface area contributed by atoms with Gasteiger partial charge in [-0.05, 0) is 41.5 Å². The Kier molecular flexibility index (Phi) is 3.58. The number of methoxy groups -OCH3 is 1. The van der Waals surface area contributed by atoms with Crippen molar-refractivity contribution in [3.63, 3.8) is 0 Å². The van der Waals surface area contributed by atoms with E-state index in [4.69, 9.17) is 5.26 Å². The number of esters is 1. The zero-order chi connectivity index (χ0) is 13.8. The van der Waals surface area contributed by atoms with Crippen LogP contribution in [0, 0.1) is 17.1 Å². The van der Waals surface area contributed by atoms with Crippen LogP contribution in [-0.4, -0.2) is 13.1 Å². The normalized spacial score (nSPS) is 9.74. The Labute approximate surface area is 109 Å². The summed E-state index contributed by atoms with van der Waals surface area (Å²) in [4.78, 5) is 11.4. The summed E-state index contributed by atoms with van der Waals surface area (Å²) < 4.78 is 18.1. The van der Waals surface area contributed by atoms with E-state index in [9.17, 15) is 9.18 Å². The van der Waals surface area contributed by atoms with Crippen LogP contribution in [0.1, 0.15) is 15.9 Å². The second kappa shape index (κ2) is 5.32. The molecule has 2 rings (SSSR count). The fourth-order valence-electron chi connectivity index (χ4n) is 1.73. The molecule has 19 heavy (non-hydrogen) atoms. The minimum absolute atomic E-state index is 0.154. The molecule has 0 fully saturated rings. The van der Waals surface area contributed by atoms with Gasteiger partial charge in [0.15, 0.2) is 0 Å². The number of nitriles is 1. The number of hydrogen-bond donors (Lipinski definition) is 0. The maximum absolute atomic E-state index is 13.5. The van der Waals surface area contributed by atoms with Gasteiger partial charge < -0.3 is 4.74 Å². The molecule has 0 N–H and O–H groups in total. The maximum atomic E-state index is 13.5. The molecule has 0 saturated heterocycles. The molecule has 0 radical (unpaired) electrons. The Morgan fingerprint density at radius 1 is 1.16 bits per heavy atom. The minimum atomic E-state index is -0.589. The summed E-state index contributed by atoms with van der Waals surface area (Å²) in [6.07, 6.45) is 0. The largest absolute Gasteiger partial charge is 0.465 e. The van der Waals surface area contributed by atoms with Crippen LogP contribution in [0.4, 0.5) is 4.39 Å². The molecule has 4 heteroatoms. The Hall–Kier alpha value is -2.67. The van der Waals surface area contributed by atoms with Crippen LogP contribution in [0.15, 0.2) is 42.5 Å². The summed E-state index contributed by atoms with van der Waals surface area (Å²) in [5.41, 5.74) is 1.96. The van der Waals surface area contributed by atoms with Crippen LogP contribution in [0.25, 0.3) is 11.1 Å². The highest BCUT2D eigenvalue weighted by molar-refractivity contribution is 5.91. The predicted octanol–water partition coefficient (Wildman–Crippen LogP) is 3.15. The van der Waals surface area contributed by atoms with Gasteiger partial charge in [0.05, 0.1) is 24.3 Å². The third-order valence-electron chi connectivity index (χ3n) is 2.67. The van der Waals surface area contributed by atoms with Crippen molar-refractivity contribution in [2.24, 2.45) is 0 Å². The SMILES string of the molecule is COC(=O)c1cc(F)cc(-c2ccc(C#N)cc2)c1. The van der Waals surface area contributed by atoms with Crippen LogP contribution in [-0.2, 0) is 4.74 Å². The molecule has 0 amide bonds. The molecule has 2 aromatic rings. The molecular weight excluding hydrogens is 245 g/mol. The Morgan fingerprint density at radius 3 is 2.42 bits per heavy atom. The van der Waals surface area contributed by atoms with Crippen molar-refractivity contribution < 1.29 is 13.9 Å². The van der Waals surface area contributed by atoms with E-state index in [1.807, 2.05) is 6.07 Å². The Bertz CT molecular complexity index is 657. The molecule has 0 spiro atoms. The van der Waals surface area contributed by atoms with Crippen LogP contribution < -0.4 is 0 Å². The summed E-state index contributed by atoms with van der Waals surface area (Å²) in [5, 5.41) is 8.72. The fourth-order valence-corrected chi connectivity index (χ4v) is 1.73. The first-order chi connectivity index (χ1) is 9.13. The summed E-state index contributed by atoms with van der Waals surface area (Å²) in [5.74, 6) is -1.10. The van der Waals surface area contributed by atoms with Crippen LogP contribution in [0.5, 0.6) is 0 Å². The van der Waals surface area contributed by atoms with Gasteiger partial charge in [0.25, 0.3) is 0 Å². The van der Waals surface area contributed by atoms with E-state index in [0.717, 1.165) is 11.6 Å². The average Bonchev–Trinajstić information content (AvgIpc) is 2.45. The molecule has 94 valence electrons. The third kappa shape index (κ3) is 2.78. The summed E-state index contributed by atoms with van der Waals surface area (Å²) in [6.45, 7) is 0. The van der Waals surface area contributed by atoms with Gasteiger partial charge in [-0.3, -0.25) is 0 Å².